The van der Waals surface area contributed by atoms with E-state index in [0.29, 0.717) is 12.1 Å². The van der Waals surface area contributed by atoms with Crippen LogP contribution in [0.25, 0.3) is 0 Å². The van der Waals surface area contributed by atoms with Gasteiger partial charge in [0.25, 0.3) is 0 Å². The van der Waals surface area contributed by atoms with Crippen molar-refractivity contribution in [2.75, 3.05) is 19.6 Å². The molecule has 2 atom stereocenters. The molecule has 0 aliphatic carbocycles. The number of rotatable bonds is 5. The Labute approximate surface area is 117 Å². The predicted molar refractivity (Wildman–Crippen MR) is 79.1 cm³/mol. The average molecular weight is 264 g/mol. The van der Waals surface area contributed by atoms with Gasteiger partial charge in [-0.2, -0.15) is 5.10 Å². The predicted octanol–water partition coefficient (Wildman–Crippen LogP) is 2.19. The molecule has 0 spiro atoms. The van der Waals surface area contributed by atoms with Gasteiger partial charge in [-0.25, -0.2) is 0 Å². The molecule has 2 rings (SSSR count). The first-order chi connectivity index (χ1) is 9.08. The maximum absolute atomic E-state index is 4.30. The number of piperidine rings is 1. The molecule has 0 amide bonds. The molecule has 4 nitrogen and oxygen atoms in total. The zero-order valence-corrected chi connectivity index (χ0v) is 12.8. The molecule has 19 heavy (non-hydrogen) atoms. The first kappa shape index (κ1) is 14.5. The third kappa shape index (κ3) is 3.80. The molecular weight excluding hydrogens is 236 g/mol. The number of nitrogens with zero attached hydrogens (tertiary/aromatic N) is 3. The van der Waals surface area contributed by atoms with Gasteiger partial charge in [-0.05, 0) is 52.6 Å². The molecule has 1 aromatic rings. The Bertz CT molecular complexity index is 379. The van der Waals surface area contributed by atoms with Crippen LogP contribution in [0.3, 0.4) is 0 Å². The molecule has 0 aromatic carbocycles. The van der Waals surface area contributed by atoms with E-state index in [9.17, 15) is 0 Å². The first-order valence-corrected chi connectivity index (χ1v) is 7.53. The SMILES string of the molecule is CC(C)N(CC1CCCNC1)C(C)c1cnn(C)c1. The lowest BCUT2D eigenvalue weighted by Crippen LogP contribution is -2.42. The second kappa shape index (κ2) is 6.53. The summed E-state index contributed by atoms with van der Waals surface area (Å²) in [6, 6.07) is 1.01. The van der Waals surface area contributed by atoms with Crippen molar-refractivity contribution in [3.8, 4) is 0 Å². The number of hydrogen-bond donors (Lipinski definition) is 1. The number of hydrogen-bond acceptors (Lipinski definition) is 3. The quantitative estimate of drug-likeness (QED) is 0.885. The summed E-state index contributed by atoms with van der Waals surface area (Å²) in [5.74, 6) is 0.787. The fourth-order valence-electron chi connectivity index (χ4n) is 3.04. The van der Waals surface area contributed by atoms with Crippen LogP contribution in [0.15, 0.2) is 12.4 Å². The van der Waals surface area contributed by atoms with Crippen LogP contribution in [0.2, 0.25) is 0 Å². The molecular formula is C15H28N4. The van der Waals surface area contributed by atoms with Gasteiger partial charge < -0.3 is 5.32 Å². The summed E-state index contributed by atoms with van der Waals surface area (Å²) in [7, 11) is 1.99. The zero-order chi connectivity index (χ0) is 13.8. The number of aryl methyl sites for hydroxylation is 1. The van der Waals surface area contributed by atoms with Crippen LogP contribution in [0.5, 0.6) is 0 Å². The Hall–Kier alpha value is -0.870. The molecule has 0 saturated carbocycles. The van der Waals surface area contributed by atoms with Gasteiger partial charge in [-0.1, -0.05) is 0 Å². The lowest BCUT2D eigenvalue weighted by Gasteiger charge is -2.36. The highest BCUT2D eigenvalue weighted by Crippen LogP contribution is 2.24. The van der Waals surface area contributed by atoms with Crippen molar-refractivity contribution in [1.82, 2.24) is 20.0 Å². The van der Waals surface area contributed by atoms with E-state index < -0.39 is 0 Å². The fourth-order valence-corrected chi connectivity index (χ4v) is 3.04. The Morgan fingerprint density at radius 2 is 2.26 bits per heavy atom. The molecule has 108 valence electrons. The normalized spacial score (nSPS) is 22.1. The summed E-state index contributed by atoms with van der Waals surface area (Å²) in [5, 5.41) is 7.82. The Balaban J connectivity index is 2.02. The van der Waals surface area contributed by atoms with E-state index in [1.165, 1.54) is 38.0 Å². The highest BCUT2D eigenvalue weighted by Gasteiger charge is 2.24. The van der Waals surface area contributed by atoms with E-state index in [4.69, 9.17) is 0 Å². The van der Waals surface area contributed by atoms with Gasteiger partial charge in [0.15, 0.2) is 0 Å². The van der Waals surface area contributed by atoms with Gasteiger partial charge in [0, 0.05) is 37.4 Å². The van der Waals surface area contributed by atoms with Crippen molar-refractivity contribution in [1.29, 1.82) is 0 Å². The molecule has 2 unspecified atom stereocenters. The van der Waals surface area contributed by atoms with Gasteiger partial charge in [0.05, 0.1) is 6.20 Å². The second-order valence-electron chi connectivity index (χ2n) is 6.13. The lowest BCUT2D eigenvalue weighted by atomic mass is 9.97. The summed E-state index contributed by atoms with van der Waals surface area (Å²) >= 11 is 0. The van der Waals surface area contributed by atoms with E-state index in [1.807, 2.05) is 17.9 Å². The Morgan fingerprint density at radius 1 is 1.47 bits per heavy atom. The fraction of sp³-hybridized carbons (Fsp3) is 0.800. The van der Waals surface area contributed by atoms with Crippen molar-refractivity contribution in [3.05, 3.63) is 18.0 Å². The maximum atomic E-state index is 4.30. The zero-order valence-electron chi connectivity index (χ0n) is 12.8. The second-order valence-corrected chi connectivity index (χ2v) is 6.13. The van der Waals surface area contributed by atoms with E-state index in [0.717, 1.165) is 5.92 Å². The minimum atomic E-state index is 0.440. The molecule has 2 heterocycles. The number of aromatic nitrogens is 2. The van der Waals surface area contributed by atoms with Crippen LogP contribution in [0, 0.1) is 5.92 Å². The first-order valence-electron chi connectivity index (χ1n) is 7.53. The highest BCUT2D eigenvalue weighted by atomic mass is 15.3. The lowest BCUT2D eigenvalue weighted by molar-refractivity contribution is 0.126. The average Bonchev–Trinajstić information content (AvgIpc) is 2.83. The molecule has 1 fully saturated rings. The molecule has 4 heteroatoms. The standard InChI is InChI=1S/C15H28N4/c1-12(2)19(10-14-6-5-7-16-8-14)13(3)15-9-17-18(4)11-15/h9,11-14,16H,5-8,10H2,1-4H3. The molecule has 1 N–H and O–H groups in total. The van der Waals surface area contributed by atoms with E-state index >= 15 is 0 Å². The van der Waals surface area contributed by atoms with Gasteiger partial charge in [-0.15, -0.1) is 0 Å². The molecule has 0 radical (unpaired) electrons. The minimum absolute atomic E-state index is 0.440. The summed E-state index contributed by atoms with van der Waals surface area (Å²) in [5.41, 5.74) is 1.32. The summed E-state index contributed by atoms with van der Waals surface area (Å²) < 4.78 is 1.90. The van der Waals surface area contributed by atoms with E-state index in [2.05, 4.69) is 42.3 Å². The van der Waals surface area contributed by atoms with Crippen LogP contribution in [-0.4, -0.2) is 40.4 Å². The van der Waals surface area contributed by atoms with Crippen molar-refractivity contribution in [3.63, 3.8) is 0 Å². The van der Waals surface area contributed by atoms with Crippen molar-refractivity contribution in [2.45, 2.75) is 45.7 Å². The molecule has 0 bridgehead atoms. The Kier molecular flexibility index (Phi) is 4.99. The van der Waals surface area contributed by atoms with Crippen molar-refractivity contribution >= 4 is 0 Å². The third-order valence-electron chi connectivity index (χ3n) is 4.24. The molecule has 1 aromatic heterocycles. The van der Waals surface area contributed by atoms with E-state index in [1.54, 1.807) is 0 Å². The smallest absolute Gasteiger partial charge is 0.0537 e. The van der Waals surface area contributed by atoms with Gasteiger partial charge in [0.1, 0.15) is 0 Å². The van der Waals surface area contributed by atoms with Gasteiger partial charge >= 0.3 is 0 Å². The van der Waals surface area contributed by atoms with Crippen molar-refractivity contribution < 1.29 is 0 Å². The van der Waals surface area contributed by atoms with Crippen LogP contribution in [0.4, 0.5) is 0 Å². The summed E-state index contributed by atoms with van der Waals surface area (Å²) in [6.45, 7) is 10.4. The van der Waals surface area contributed by atoms with Crippen molar-refractivity contribution in [2.24, 2.45) is 13.0 Å². The Morgan fingerprint density at radius 3 is 2.79 bits per heavy atom. The topological polar surface area (TPSA) is 33.1 Å². The monoisotopic (exact) mass is 264 g/mol. The minimum Gasteiger partial charge on any atom is -0.316 e. The van der Waals surface area contributed by atoms with E-state index in [-0.39, 0.29) is 0 Å². The number of nitrogens with one attached hydrogen (secondary N) is 1. The van der Waals surface area contributed by atoms with Gasteiger partial charge in [-0.3, -0.25) is 9.58 Å². The van der Waals surface area contributed by atoms with Crippen LogP contribution in [-0.2, 0) is 7.05 Å². The van der Waals surface area contributed by atoms with Crippen LogP contribution in [0.1, 0.15) is 45.2 Å². The van der Waals surface area contributed by atoms with Crippen LogP contribution >= 0.6 is 0 Å². The maximum Gasteiger partial charge on any atom is 0.0537 e. The van der Waals surface area contributed by atoms with Crippen LogP contribution < -0.4 is 5.32 Å². The van der Waals surface area contributed by atoms with Gasteiger partial charge in [0.2, 0.25) is 0 Å². The molecule has 1 saturated heterocycles. The third-order valence-corrected chi connectivity index (χ3v) is 4.24. The highest BCUT2D eigenvalue weighted by molar-refractivity contribution is 5.09. The molecule has 1 aliphatic heterocycles. The molecule has 1 aliphatic rings. The largest absolute Gasteiger partial charge is 0.316 e. The summed E-state index contributed by atoms with van der Waals surface area (Å²) in [4.78, 5) is 2.61. The summed E-state index contributed by atoms with van der Waals surface area (Å²) in [6.07, 6.45) is 6.81.